The van der Waals surface area contributed by atoms with E-state index in [1.54, 1.807) is 0 Å². The number of hydrogen-bond donors (Lipinski definition) is 2. The number of nitrogens with one attached hydrogen (secondary N) is 2. The van der Waals surface area contributed by atoms with Crippen molar-refractivity contribution in [3.63, 3.8) is 0 Å². The number of carbonyl (C=O) groups excluding carboxylic acids is 1. The quantitative estimate of drug-likeness (QED) is 0.784. The van der Waals surface area contributed by atoms with E-state index in [1.165, 1.54) is 0 Å². The Morgan fingerprint density at radius 1 is 1.21 bits per heavy atom. The lowest BCUT2D eigenvalue weighted by atomic mass is 10.1. The van der Waals surface area contributed by atoms with Gasteiger partial charge in [0.2, 0.25) is 0 Å². The Kier molecular flexibility index (Phi) is 6.40. The number of anilines is 1. The number of carbonyl (C=O) groups is 1. The normalized spacial score (nSPS) is 12.3. The zero-order valence-corrected chi connectivity index (χ0v) is 12.5. The molecule has 1 unspecified atom stereocenters. The molecule has 0 aromatic heterocycles. The lowest BCUT2D eigenvalue weighted by Crippen LogP contribution is -2.34. The van der Waals surface area contributed by atoms with E-state index in [0.717, 1.165) is 30.5 Å². The van der Waals surface area contributed by atoms with Crippen LogP contribution in [0.5, 0.6) is 0 Å². The first-order chi connectivity index (χ1) is 9.08. The predicted molar refractivity (Wildman–Crippen MR) is 81.7 cm³/mol. The maximum Gasteiger partial charge on any atom is 0.253 e. The zero-order chi connectivity index (χ0) is 14.3. The smallest absolute Gasteiger partial charge is 0.253 e. The molecule has 0 aliphatic rings. The highest BCUT2D eigenvalue weighted by Gasteiger charge is 2.14. The number of rotatable bonds is 7. The van der Waals surface area contributed by atoms with Crippen molar-refractivity contribution in [1.29, 1.82) is 0 Å². The summed E-state index contributed by atoms with van der Waals surface area (Å²) in [5, 5.41) is 6.44. The van der Waals surface area contributed by atoms with Crippen molar-refractivity contribution in [1.82, 2.24) is 5.32 Å². The van der Waals surface area contributed by atoms with Crippen LogP contribution in [0, 0.1) is 0 Å². The Morgan fingerprint density at radius 2 is 1.89 bits per heavy atom. The summed E-state index contributed by atoms with van der Waals surface area (Å²) in [7, 11) is 0. The zero-order valence-electron chi connectivity index (χ0n) is 12.5. The summed E-state index contributed by atoms with van der Waals surface area (Å²) in [5.41, 5.74) is 1.63. The first kappa shape index (κ1) is 15.5. The molecule has 3 heteroatoms. The van der Waals surface area contributed by atoms with E-state index in [2.05, 4.69) is 38.3 Å². The molecule has 3 nitrogen and oxygen atoms in total. The van der Waals surface area contributed by atoms with E-state index < -0.39 is 0 Å². The summed E-state index contributed by atoms with van der Waals surface area (Å²) >= 11 is 0. The molecule has 1 aromatic rings. The van der Waals surface area contributed by atoms with E-state index in [9.17, 15) is 4.79 Å². The Morgan fingerprint density at radius 3 is 2.47 bits per heavy atom. The lowest BCUT2D eigenvalue weighted by molar-refractivity contribution is 0.0934. The van der Waals surface area contributed by atoms with Gasteiger partial charge in [-0.05, 0) is 38.8 Å². The molecule has 0 radical (unpaired) electrons. The molecular formula is C16H26N2O. The van der Waals surface area contributed by atoms with Crippen LogP contribution in [-0.2, 0) is 0 Å². The molecule has 0 bridgehead atoms. The van der Waals surface area contributed by atoms with Crippen LogP contribution in [0.15, 0.2) is 24.3 Å². The molecule has 19 heavy (non-hydrogen) atoms. The average Bonchev–Trinajstić information content (AvgIpc) is 2.38. The molecule has 1 aromatic carbocycles. The fourth-order valence-corrected chi connectivity index (χ4v) is 2.11. The molecular weight excluding hydrogens is 236 g/mol. The molecule has 0 saturated carbocycles. The van der Waals surface area contributed by atoms with Crippen LogP contribution < -0.4 is 10.6 Å². The fraction of sp³-hybridized carbons (Fsp3) is 0.562. The first-order valence-corrected chi connectivity index (χ1v) is 7.24. The van der Waals surface area contributed by atoms with Crippen molar-refractivity contribution in [3.05, 3.63) is 29.8 Å². The molecule has 0 fully saturated rings. The van der Waals surface area contributed by atoms with Crippen LogP contribution in [0.4, 0.5) is 5.69 Å². The largest absolute Gasteiger partial charge is 0.382 e. The van der Waals surface area contributed by atoms with E-state index in [1.807, 2.05) is 24.3 Å². The summed E-state index contributed by atoms with van der Waals surface area (Å²) in [6, 6.07) is 8.26. The minimum atomic E-state index is 0.0176. The van der Waals surface area contributed by atoms with Gasteiger partial charge in [-0.2, -0.15) is 0 Å². The highest BCUT2D eigenvalue weighted by Crippen LogP contribution is 2.16. The van der Waals surface area contributed by atoms with Crippen molar-refractivity contribution < 1.29 is 4.79 Å². The standard InChI is InChI=1S/C16H26N2O/c1-5-9-13(6-2)18-16(19)14-10-7-8-11-15(14)17-12(3)4/h7-8,10-13,17H,5-6,9H2,1-4H3,(H,18,19). The van der Waals surface area contributed by atoms with Gasteiger partial charge in [0.1, 0.15) is 0 Å². The highest BCUT2D eigenvalue weighted by molar-refractivity contribution is 5.99. The third-order valence-corrected chi connectivity index (χ3v) is 3.08. The number of benzene rings is 1. The van der Waals surface area contributed by atoms with Crippen LogP contribution in [0.25, 0.3) is 0 Å². The number of amides is 1. The van der Waals surface area contributed by atoms with Crippen LogP contribution in [0.1, 0.15) is 57.3 Å². The van der Waals surface area contributed by atoms with Crippen molar-refractivity contribution in [3.8, 4) is 0 Å². The van der Waals surface area contributed by atoms with E-state index in [-0.39, 0.29) is 11.9 Å². The minimum absolute atomic E-state index is 0.0176. The van der Waals surface area contributed by atoms with Gasteiger partial charge in [-0.3, -0.25) is 4.79 Å². The molecule has 106 valence electrons. The second kappa shape index (κ2) is 7.82. The Balaban J connectivity index is 2.81. The average molecular weight is 262 g/mol. The van der Waals surface area contributed by atoms with Gasteiger partial charge in [0.15, 0.2) is 0 Å². The lowest BCUT2D eigenvalue weighted by Gasteiger charge is -2.19. The highest BCUT2D eigenvalue weighted by atomic mass is 16.1. The van der Waals surface area contributed by atoms with Crippen LogP contribution >= 0.6 is 0 Å². The number of para-hydroxylation sites is 1. The SMILES string of the molecule is CCCC(CC)NC(=O)c1ccccc1NC(C)C. The van der Waals surface area contributed by atoms with Gasteiger partial charge >= 0.3 is 0 Å². The van der Waals surface area contributed by atoms with Gasteiger partial charge in [-0.25, -0.2) is 0 Å². The van der Waals surface area contributed by atoms with Crippen LogP contribution in [0.2, 0.25) is 0 Å². The molecule has 1 rings (SSSR count). The van der Waals surface area contributed by atoms with Gasteiger partial charge in [-0.1, -0.05) is 32.4 Å². The van der Waals surface area contributed by atoms with Crippen molar-refractivity contribution in [2.75, 3.05) is 5.32 Å². The summed E-state index contributed by atoms with van der Waals surface area (Å²) in [6.07, 6.45) is 3.09. The van der Waals surface area contributed by atoms with Gasteiger partial charge in [0, 0.05) is 17.8 Å². The molecule has 1 atom stereocenters. The second-order valence-corrected chi connectivity index (χ2v) is 5.21. The summed E-state index contributed by atoms with van der Waals surface area (Å²) in [4.78, 5) is 12.3. The maximum atomic E-state index is 12.3. The Hall–Kier alpha value is -1.51. The first-order valence-electron chi connectivity index (χ1n) is 7.24. The van der Waals surface area contributed by atoms with E-state index in [0.29, 0.717) is 6.04 Å². The molecule has 0 heterocycles. The maximum absolute atomic E-state index is 12.3. The molecule has 1 amide bonds. The van der Waals surface area contributed by atoms with Crippen LogP contribution in [0.3, 0.4) is 0 Å². The molecule has 0 aliphatic carbocycles. The van der Waals surface area contributed by atoms with Crippen molar-refractivity contribution in [2.24, 2.45) is 0 Å². The predicted octanol–water partition coefficient (Wildman–Crippen LogP) is 3.82. The van der Waals surface area contributed by atoms with Gasteiger partial charge in [0.05, 0.1) is 5.56 Å². The summed E-state index contributed by atoms with van der Waals surface area (Å²) in [5.74, 6) is 0.0176. The molecule has 2 N–H and O–H groups in total. The fourth-order valence-electron chi connectivity index (χ4n) is 2.11. The van der Waals surface area contributed by atoms with Gasteiger partial charge in [-0.15, -0.1) is 0 Å². The summed E-state index contributed by atoms with van der Waals surface area (Å²) < 4.78 is 0. The van der Waals surface area contributed by atoms with E-state index in [4.69, 9.17) is 0 Å². The summed E-state index contributed by atoms with van der Waals surface area (Å²) in [6.45, 7) is 8.39. The van der Waals surface area contributed by atoms with Crippen molar-refractivity contribution >= 4 is 11.6 Å². The minimum Gasteiger partial charge on any atom is -0.382 e. The number of hydrogen-bond acceptors (Lipinski definition) is 2. The Labute approximate surface area is 116 Å². The van der Waals surface area contributed by atoms with Gasteiger partial charge in [0.25, 0.3) is 5.91 Å². The van der Waals surface area contributed by atoms with Crippen molar-refractivity contribution in [2.45, 2.75) is 59.0 Å². The topological polar surface area (TPSA) is 41.1 Å². The van der Waals surface area contributed by atoms with Crippen LogP contribution in [-0.4, -0.2) is 18.0 Å². The monoisotopic (exact) mass is 262 g/mol. The van der Waals surface area contributed by atoms with E-state index >= 15 is 0 Å². The third kappa shape index (κ3) is 4.93. The Bertz CT molecular complexity index is 401. The molecule has 0 spiro atoms. The van der Waals surface area contributed by atoms with Gasteiger partial charge < -0.3 is 10.6 Å². The molecule has 0 aliphatic heterocycles. The molecule has 0 saturated heterocycles. The second-order valence-electron chi connectivity index (χ2n) is 5.21. The third-order valence-electron chi connectivity index (χ3n) is 3.08.